The number of carbonyl (C=O) groups excluding carboxylic acids is 1. The summed E-state index contributed by atoms with van der Waals surface area (Å²) in [6.45, 7) is 2.64. The number of hydrogen-bond donors (Lipinski definition) is 2. The van der Waals surface area contributed by atoms with Crippen LogP contribution in [0.15, 0.2) is 53.7 Å². The summed E-state index contributed by atoms with van der Waals surface area (Å²) in [7, 11) is 0. The third-order valence-electron chi connectivity index (χ3n) is 3.90. The first kappa shape index (κ1) is 18.1. The zero-order chi connectivity index (χ0) is 18.4. The first-order chi connectivity index (χ1) is 12.6. The first-order valence-corrected chi connectivity index (χ1v) is 9.23. The highest BCUT2D eigenvalue weighted by Crippen LogP contribution is 2.21. The molecule has 1 heterocycles. The first-order valence-electron chi connectivity index (χ1n) is 8.25. The van der Waals surface area contributed by atoms with E-state index in [0.29, 0.717) is 23.1 Å². The molecule has 0 atom stereocenters. The van der Waals surface area contributed by atoms with Gasteiger partial charge in [0, 0.05) is 6.54 Å². The van der Waals surface area contributed by atoms with Crippen molar-refractivity contribution in [1.82, 2.24) is 20.5 Å². The van der Waals surface area contributed by atoms with Crippen molar-refractivity contribution in [3.8, 4) is 11.4 Å². The Morgan fingerprint density at radius 3 is 2.77 bits per heavy atom. The Bertz CT molecular complexity index is 897. The van der Waals surface area contributed by atoms with Gasteiger partial charge in [0.25, 0.3) is 0 Å². The maximum atomic E-state index is 13.7. The minimum absolute atomic E-state index is 0.0826. The molecule has 0 aliphatic heterocycles. The highest BCUT2D eigenvalue weighted by Gasteiger charge is 2.11. The molecule has 0 radical (unpaired) electrons. The zero-order valence-electron chi connectivity index (χ0n) is 14.3. The summed E-state index contributed by atoms with van der Waals surface area (Å²) in [6.07, 6.45) is 0.793. The molecule has 1 aromatic heterocycles. The predicted octanol–water partition coefficient (Wildman–Crippen LogP) is 3.37. The Morgan fingerprint density at radius 2 is 1.96 bits per heavy atom. The Hall–Kier alpha value is -2.67. The lowest BCUT2D eigenvalue weighted by Crippen LogP contribution is -2.27. The number of nitrogens with one attached hydrogen (secondary N) is 2. The van der Waals surface area contributed by atoms with Gasteiger partial charge in [-0.05, 0) is 36.6 Å². The molecular formula is C19H19FN4OS. The maximum Gasteiger partial charge on any atom is 0.230 e. The standard InChI is InChI=1S/C19H19FN4OS/c1-13-6-2-3-7-14(13)10-11-21-17(25)12-26-19-22-18(23-24-19)15-8-4-5-9-16(15)20/h2-9H,10-12H2,1H3,(H,21,25)(H,22,23,24). The van der Waals surface area contributed by atoms with Gasteiger partial charge < -0.3 is 5.32 Å². The fourth-order valence-electron chi connectivity index (χ4n) is 2.49. The van der Waals surface area contributed by atoms with E-state index in [1.165, 1.54) is 29.0 Å². The van der Waals surface area contributed by atoms with Crippen LogP contribution in [-0.2, 0) is 11.2 Å². The second kappa shape index (κ2) is 8.62. The van der Waals surface area contributed by atoms with Crippen LogP contribution in [0.5, 0.6) is 0 Å². The third kappa shape index (κ3) is 4.70. The van der Waals surface area contributed by atoms with Crippen LogP contribution in [0.4, 0.5) is 4.39 Å². The lowest BCUT2D eigenvalue weighted by molar-refractivity contribution is -0.118. The Kier molecular flexibility index (Phi) is 6.01. The van der Waals surface area contributed by atoms with E-state index in [1.807, 2.05) is 12.1 Å². The SMILES string of the molecule is Cc1ccccc1CCNC(=O)CSc1n[nH]c(-c2ccccc2F)n1. The molecule has 3 rings (SSSR count). The van der Waals surface area contributed by atoms with Crippen LogP contribution in [0.25, 0.3) is 11.4 Å². The van der Waals surface area contributed by atoms with Crippen LogP contribution in [0.2, 0.25) is 0 Å². The maximum absolute atomic E-state index is 13.7. The molecule has 2 aromatic carbocycles. The molecule has 26 heavy (non-hydrogen) atoms. The van der Waals surface area contributed by atoms with Gasteiger partial charge in [0.15, 0.2) is 5.82 Å². The van der Waals surface area contributed by atoms with E-state index in [2.05, 4.69) is 39.6 Å². The van der Waals surface area contributed by atoms with Gasteiger partial charge in [-0.25, -0.2) is 9.37 Å². The number of rotatable bonds is 7. The smallest absolute Gasteiger partial charge is 0.230 e. The molecule has 0 spiro atoms. The average Bonchev–Trinajstić information content (AvgIpc) is 3.11. The fraction of sp³-hybridized carbons (Fsp3) is 0.211. The molecule has 0 aliphatic rings. The quantitative estimate of drug-likeness (QED) is 0.626. The number of nitrogens with zero attached hydrogens (tertiary/aromatic N) is 2. The molecule has 2 N–H and O–H groups in total. The molecule has 134 valence electrons. The summed E-state index contributed by atoms with van der Waals surface area (Å²) in [5, 5.41) is 10.0. The number of benzene rings is 2. The number of aromatic nitrogens is 3. The van der Waals surface area contributed by atoms with E-state index in [9.17, 15) is 9.18 Å². The van der Waals surface area contributed by atoms with E-state index in [1.54, 1.807) is 18.2 Å². The molecule has 1 amide bonds. The molecular weight excluding hydrogens is 351 g/mol. The van der Waals surface area contributed by atoms with Gasteiger partial charge >= 0.3 is 0 Å². The molecule has 0 unspecified atom stereocenters. The van der Waals surface area contributed by atoms with Crippen LogP contribution in [0.3, 0.4) is 0 Å². The number of thioether (sulfide) groups is 1. The summed E-state index contributed by atoms with van der Waals surface area (Å²) >= 11 is 1.21. The van der Waals surface area contributed by atoms with Crippen LogP contribution >= 0.6 is 11.8 Å². The van der Waals surface area contributed by atoms with Crippen LogP contribution in [-0.4, -0.2) is 33.4 Å². The summed E-state index contributed by atoms with van der Waals surface area (Å²) in [5.74, 6) is 0.114. The van der Waals surface area contributed by atoms with Gasteiger partial charge in [-0.15, -0.1) is 5.10 Å². The molecule has 0 aliphatic carbocycles. The van der Waals surface area contributed by atoms with Crippen molar-refractivity contribution in [2.45, 2.75) is 18.5 Å². The average molecular weight is 370 g/mol. The number of aromatic amines is 1. The van der Waals surface area contributed by atoms with Crippen LogP contribution in [0, 0.1) is 12.7 Å². The van der Waals surface area contributed by atoms with Crippen molar-refractivity contribution in [3.63, 3.8) is 0 Å². The molecule has 0 fully saturated rings. The zero-order valence-corrected chi connectivity index (χ0v) is 15.1. The fourth-order valence-corrected chi connectivity index (χ4v) is 3.12. The Labute approximate surface area is 155 Å². The topological polar surface area (TPSA) is 70.7 Å². The van der Waals surface area contributed by atoms with Crippen molar-refractivity contribution in [2.24, 2.45) is 0 Å². The van der Waals surface area contributed by atoms with E-state index in [-0.39, 0.29) is 17.5 Å². The van der Waals surface area contributed by atoms with Gasteiger partial charge in [0.1, 0.15) is 5.82 Å². The molecule has 3 aromatic rings. The Morgan fingerprint density at radius 1 is 1.19 bits per heavy atom. The predicted molar refractivity (Wildman–Crippen MR) is 100 cm³/mol. The van der Waals surface area contributed by atoms with Crippen molar-refractivity contribution >= 4 is 17.7 Å². The summed E-state index contributed by atoms with van der Waals surface area (Å²) < 4.78 is 13.7. The highest BCUT2D eigenvalue weighted by molar-refractivity contribution is 7.99. The third-order valence-corrected chi connectivity index (χ3v) is 4.75. The van der Waals surface area contributed by atoms with Crippen LogP contribution in [0.1, 0.15) is 11.1 Å². The number of aryl methyl sites for hydroxylation is 1. The molecule has 0 bridgehead atoms. The lowest BCUT2D eigenvalue weighted by Gasteiger charge is -2.06. The second-order valence-corrected chi connectivity index (χ2v) is 6.70. The molecule has 0 saturated heterocycles. The second-order valence-electron chi connectivity index (χ2n) is 5.76. The minimum atomic E-state index is -0.367. The van der Waals surface area contributed by atoms with Gasteiger partial charge in [0.05, 0.1) is 11.3 Å². The van der Waals surface area contributed by atoms with Gasteiger partial charge in [-0.1, -0.05) is 48.2 Å². The summed E-state index contributed by atoms with van der Waals surface area (Å²) in [6, 6.07) is 14.5. The van der Waals surface area contributed by atoms with Crippen molar-refractivity contribution < 1.29 is 9.18 Å². The minimum Gasteiger partial charge on any atom is -0.355 e. The van der Waals surface area contributed by atoms with E-state index in [4.69, 9.17) is 0 Å². The number of hydrogen-bond acceptors (Lipinski definition) is 4. The highest BCUT2D eigenvalue weighted by atomic mass is 32.2. The monoisotopic (exact) mass is 370 g/mol. The largest absolute Gasteiger partial charge is 0.355 e. The lowest BCUT2D eigenvalue weighted by atomic mass is 10.1. The van der Waals surface area contributed by atoms with Gasteiger partial charge in [0.2, 0.25) is 11.1 Å². The number of H-pyrrole nitrogens is 1. The number of carbonyl (C=O) groups is 1. The van der Waals surface area contributed by atoms with E-state index in [0.717, 1.165) is 6.42 Å². The Balaban J connectivity index is 1.46. The van der Waals surface area contributed by atoms with Crippen molar-refractivity contribution in [2.75, 3.05) is 12.3 Å². The van der Waals surface area contributed by atoms with Crippen molar-refractivity contribution in [3.05, 3.63) is 65.5 Å². The summed E-state index contributed by atoms with van der Waals surface area (Å²) in [4.78, 5) is 16.2. The molecule has 7 heteroatoms. The van der Waals surface area contributed by atoms with Gasteiger partial charge in [-0.3, -0.25) is 9.89 Å². The van der Waals surface area contributed by atoms with Crippen molar-refractivity contribution in [1.29, 1.82) is 0 Å². The van der Waals surface area contributed by atoms with E-state index < -0.39 is 0 Å². The normalized spacial score (nSPS) is 10.7. The van der Waals surface area contributed by atoms with E-state index >= 15 is 0 Å². The van der Waals surface area contributed by atoms with Gasteiger partial charge in [-0.2, -0.15) is 0 Å². The molecule has 5 nitrogen and oxygen atoms in total. The summed E-state index contributed by atoms with van der Waals surface area (Å²) in [5.41, 5.74) is 2.80. The van der Waals surface area contributed by atoms with Crippen LogP contribution < -0.4 is 5.32 Å². The molecule has 0 saturated carbocycles. The number of amides is 1. The number of halogens is 1.